The SMILES string of the molecule is CC(C)(C)[C@H](N)C(=O)Nc1ccc(-n2cncn2)c(F)c1.Cl. The number of hydrogen-bond acceptors (Lipinski definition) is 4. The highest BCUT2D eigenvalue weighted by molar-refractivity contribution is 5.95. The standard InChI is InChI=1S/C14H18FN5O.ClH/c1-14(2,3)12(16)13(21)19-9-4-5-11(10(15)6-9)20-8-17-7-18-20;/h4-8,12H,16H2,1-3H3,(H,19,21);1H/t12-;/m1./s1. The van der Waals surface area contributed by atoms with E-state index in [-0.39, 0.29) is 29.4 Å². The Kier molecular flexibility index (Phi) is 5.62. The summed E-state index contributed by atoms with van der Waals surface area (Å²) in [7, 11) is 0. The summed E-state index contributed by atoms with van der Waals surface area (Å²) in [5.41, 5.74) is 6.09. The molecule has 0 bridgehead atoms. The first kappa shape index (κ1) is 18.1. The number of carbonyl (C=O) groups is 1. The van der Waals surface area contributed by atoms with Gasteiger partial charge in [-0.15, -0.1) is 12.4 Å². The third-order valence-electron chi connectivity index (χ3n) is 3.10. The van der Waals surface area contributed by atoms with Gasteiger partial charge in [-0.2, -0.15) is 5.10 Å². The molecule has 1 aromatic heterocycles. The molecule has 0 fully saturated rings. The molecule has 2 aromatic rings. The van der Waals surface area contributed by atoms with Crippen LogP contribution in [0.4, 0.5) is 10.1 Å². The van der Waals surface area contributed by atoms with E-state index in [2.05, 4.69) is 15.4 Å². The lowest BCUT2D eigenvalue weighted by Gasteiger charge is -2.25. The van der Waals surface area contributed by atoms with E-state index < -0.39 is 11.9 Å². The highest BCUT2D eigenvalue weighted by atomic mass is 35.5. The van der Waals surface area contributed by atoms with Crippen molar-refractivity contribution in [1.82, 2.24) is 14.8 Å². The normalized spacial score (nSPS) is 12.4. The molecule has 0 aliphatic rings. The zero-order valence-electron chi connectivity index (χ0n) is 12.6. The quantitative estimate of drug-likeness (QED) is 0.904. The highest BCUT2D eigenvalue weighted by Crippen LogP contribution is 2.21. The van der Waals surface area contributed by atoms with E-state index in [4.69, 9.17) is 5.73 Å². The number of carbonyl (C=O) groups excluding carboxylic acids is 1. The highest BCUT2D eigenvalue weighted by Gasteiger charge is 2.27. The van der Waals surface area contributed by atoms with E-state index >= 15 is 0 Å². The second kappa shape index (κ2) is 6.85. The summed E-state index contributed by atoms with van der Waals surface area (Å²) in [5, 5.41) is 6.47. The van der Waals surface area contributed by atoms with Crippen LogP contribution < -0.4 is 11.1 Å². The summed E-state index contributed by atoms with van der Waals surface area (Å²) in [5.74, 6) is -0.863. The lowest BCUT2D eigenvalue weighted by molar-refractivity contribution is -0.119. The number of amides is 1. The average molecular weight is 328 g/mol. The van der Waals surface area contributed by atoms with Gasteiger partial charge in [0, 0.05) is 5.69 Å². The second-order valence-corrected chi connectivity index (χ2v) is 5.84. The monoisotopic (exact) mass is 327 g/mol. The van der Waals surface area contributed by atoms with Gasteiger partial charge in [-0.3, -0.25) is 4.79 Å². The minimum atomic E-state index is -0.685. The van der Waals surface area contributed by atoms with Crippen molar-refractivity contribution in [2.24, 2.45) is 11.1 Å². The van der Waals surface area contributed by atoms with Crippen LogP contribution in [0.3, 0.4) is 0 Å². The van der Waals surface area contributed by atoms with E-state index in [0.29, 0.717) is 5.69 Å². The van der Waals surface area contributed by atoms with Crippen molar-refractivity contribution in [3.63, 3.8) is 0 Å². The topological polar surface area (TPSA) is 85.8 Å². The number of rotatable bonds is 3. The van der Waals surface area contributed by atoms with E-state index in [0.717, 1.165) is 0 Å². The number of anilines is 1. The Morgan fingerprint density at radius 3 is 2.59 bits per heavy atom. The summed E-state index contributed by atoms with van der Waals surface area (Å²) in [6, 6.07) is 3.65. The molecule has 1 heterocycles. The van der Waals surface area contributed by atoms with Crippen LogP contribution in [0, 0.1) is 11.2 Å². The van der Waals surface area contributed by atoms with Crippen LogP contribution in [0.2, 0.25) is 0 Å². The van der Waals surface area contributed by atoms with Crippen molar-refractivity contribution in [3.05, 3.63) is 36.7 Å². The van der Waals surface area contributed by atoms with Gasteiger partial charge in [0.15, 0.2) is 5.82 Å². The molecule has 0 spiro atoms. The van der Waals surface area contributed by atoms with Crippen molar-refractivity contribution < 1.29 is 9.18 Å². The first-order valence-corrected chi connectivity index (χ1v) is 6.50. The molecule has 22 heavy (non-hydrogen) atoms. The molecule has 0 aliphatic carbocycles. The molecule has 2 rings (SSSR count). The summed E-state index contributed by atoms with van der Waals surface area (Å²) < 4.78 is 15.3. The van der Waals surface area contributed by atoms with E-state index in [1.54, 1.807) is 6.07 Å². The smallest absolute Gasteiger partial charge is 0.241 e. The Balaban J connectivity index is 0.00000242. The van der Waals surface area contributed by atoms with E-state index in [9.17, 15) is 9.18 Å². The van der Waals surface area contributed by atoms with Crippen LogP contribution in [0.1, 0.15) is 20.8 Å². The van der Waals surface area contributed by atoms with Gasteiger partial charge in [0.1, 0.15) is 18.3 Å². The Morgan fingerprint density at radius 1 is 1.41 bits per heavy atom. The molecule has 120 valence electrons. The number of nitrogens with two attached hydrogens (primary N) is 1. The van der Waals surface area contributed by atoms with Crippen LogP contribution in [-0.4, -0.2) is 26.7 Å². The number of hydrogen-bond donors (Lipinski definition) is 2. The maximum atomic E-state index is 14.0. The predicted octanol–water partition coefficient (Wildman–Crippen LogP) is 2.14. The molecular weight excluding hydrogens is 309 g/mol. The largest absolute Gasteiger partial charge is 0.325 e. The van der Waals surface area contributed by atoms with Gasteiger partial charge in [-0.1, -0.05) is 20.8 Å². The zero-order valence-corrected chi connectivity index (χ0v) is 13.4. The summed E-state index contributed by atoms with van der Waals surface area (Å²) in [6.07, 6.45) is 2.71. The minimum absolute atomic E-state index is 0. The van der Waals surface area contributed by atoms with E-state index in [1.807, 2.05) is 20.8 Å². The Bertz CT molecular complexity index is 639. The molecular formula is C14H19ClFN5O. The molecule has 1 amide bonds. The fraction of sp³-hybridized carbons (Fsp3) is 0.357. The zero-order chi connectivity index (χ0) is 15.6. The lowest BCUT2D eigenvalue weighted by Crippen LogP contribution is -2.45. The predicted molar refractivity (Wildman–Crippen MR) is 84.6 cm³/mol. The van der Waals surface area contributed by atoms with Gasteiger partial charge in [-0.05, 0) is 23.6 Å². The Morgan fingerprint density at radius 2 is 2.09 bits per heavy atom. The van der Waals surface area contributed by atoms with Crippen LogP contribution in [-0.2, 0) is 4.79 Å². The third kappa shape index (κ3) is 4.02. The molecule has 0 unspecified atom stereocenters. The number of nitrogens with one attached hydrogen (secondary N) is 1. The molecule has 0 saturated heterocycles. The molecule has 1 atom stereocenters. The summed E-state index contributed by atoms with van der Waals surface area (Å²) >= 11 is 0. The molecule has 3 N–H and O–H groups in total. The van der Waals surface area contributed by atoms with Crippen LogP contribution in [0.15, 0.2) is 30.9 Å². The molecule has 0 aliphatic heterocycles. The van der Waals surface area contributed by atoms with Gasteiger partial charge < -0.3 is 11.1 Å². The van der Waals surface area contributed by atoms with Crippen molar-refractivity contribution in [3.8, 4) is 5.69 Å². The third-order valence-corrected chi connectivity index (χ3v) is 3.10. The van der Waals surface area contributed by atoms with Crippen molar-refractivity contribution in [2.45, 2.75) is 26.8 Å². The summed E-state index contributed by atoms with van der Waals surface area (Å²) in [6.45, 7) is 5.60. The number of nitrogens with zero attached hydrogens (tertiary/aromatic N) is 3. The maximum absolute atomic E-state index is 14.0. The lowest BCUT2D eigenvalue weighted by atomic mass is 9.87. The maximum Gasteiger partial charge on any atom is 0.241 e. The molecule has 6 nitrogen and oxygen atoms in total. The summed E-state index contributed by atoms with van der Waals surface area (Å²) in [4.78, 5) is 15.8. The van der Waals surface area contributed by atoms with Gasteiger partial charge in [0.05, 0.1) is 6.04 Å². The first-order chi connectivity index (χ1) is 9.79. The number of aromatic nitrogens is 3. The van der Waals surface area contributed by atoms with Crippen LogP contribution in [0.25, 0.3) is 5.69 Å². The molecule has 0 saturated carbocycles. The molecule has 1 aromatic carbocycles. The first-order valence-electron chi connectivity index (χ1n) is 6.50. The molecule has 0 radical (unpaired) electrons. The fourth-order valence-corrected chi connectivity index (χ4v) is 1.72. The number of benzene rings is 1. The fourth-order valence-electron chi connectivity index (χ4n) is 1.72. The Hall–Kier alpha value is -1.99. The van der Waals surface area contributed by atoms with Gasteiger partial charge in [0.2, 0.25) is 5.91 Å². The van der Waals surface area contributed by atoms with Crippen molar-refractivity contribution >= 4 is 24.0 Å². The van der Waals surface area contributed by atoms with Gasteiger partial charge in [0.25, 0.3) is 0 Å². The van der Waals surface area contributed by atoms with E-state index in [1.165, 1.54) is 29.5 Å². The van der Waals surface area contributed by atoms with Gasteiger partial charge >= 0.3 is 0 Å². The van der Waals surface area contributed by atoms with Crippen molar-refractivity contribution in [2.75, 3.05) is 5.32 Å². The van der Waals surface area contributed by atoms with Crippen LogP contribution >= 0.6 is 12.4 Å². The average Bonchev–Trinajstić information content (AvgIpc) is 2.90. The van der Waals surface area contributed by atoms with Crippen LogP contribution in [0.5, 0.6) is 0 Å². The number of halogens is 2. The van der Waals surface area contributed by atoms with Gasteiger partial charge in [-0.25, -0.2) is 14.1 Å². The molecule has 8 heteroatoms. The van der Waals surface area contributed by atoms with Crippen molar-refractivity contribution in [1.29, 1.82) is 0 Å². The minimum Gasteiger partial charge on any atom is -0.325 e. The second-order valence-electron chi connectivity index (χ2n) is 5.84. The Labute approximate surface area is 134 Å².